The Morgan fingerprint density at radius 2 is 2.41 bits per heavy atom. The first-order valence-electron chi connectivity index (χ1n) is 7.27. The molecule has 1 aliphatic rings. The smallest absolute Gasteiger partial charge is 0.140 e. The second-order valence-corrected chi connectivity index (χ2v) is 6.60. The molecule has 1 fully saturated rings. The van der Waals surface area contributed by atoms with E-state index in [1.54, 1.807) is 30.4 Å². The summed E-state index contributed by atoms with van der Waals surface area (Å²) in [6.07, 6.45) is 0.207. The number of ether oxygens (including phenoxy) is 1. The van der Waals surface area contributed by atoms with Crippen LogP contribution in [-0.2, 0) is 6.54 Å². The van der Waals surface area contributed by atoms with Gasteiger partial charge in [-0.2, -0.15) is 0 Å². The van der Waals surface area contributed by atoms with Crippen LogP contribution in [0.25, 0.3) is 0 Å². The van der Waals surface area contributed by atoms with Crippen molar-refractivity contribution in [3.05, 3.63) is 46.7 Å². The minimum atomic E-state index is -0.926. The van der Waals surface area contributed by atoms with Gasteiger partial charge in [0, 0.05) is 31.1 Å². The van der Waals surface area contributed by atoms with Crippen LogP contribution in [0.1, 0.15) is 19.0 Å². The van der Waals surface area contributed by atoms with Gasteiger partial charge >= 0.3 is 0 Å². The van der Waals surface area contributed by atoms with E-state index in [2.05, 4.69) is 9.88 Å². The highest BCUT2D eigenvalue weighted by Gasteiger charge is 2.39. The van der Waals surface area contributed by atoms with Crippen molar-refractivity contribution in [3.8, 4) is 5.75 Å². The quantitative estimate of drug-likeness (QED) is 0.940. The van der Waals surface area contributed by atoms with Crippen LogP contribution in [0.2, 0.25) is 0 Å². The van der Waals surface area contributed by atoms with Gasteiger partial charge in [0.2, 0.25) is 0 Å². The normalized spacial score (nSPS) is 26.0. The zero-order valence-electron chi connectivity index (χ0n) is 12.4. The van der Waals surface area contributed by atoms with Gasteiger partial charge in [-0.1, -0.05) is 6.07 Å². The van der Waals surface area contributed by atoms with Gasteiger partial charge in [-0.25, -0.2) is 9.37 Å². The third-order valence-electron chi connectivity index (χ3n) is 4.00. The monoisotopic (exact) mass is 322 g/mol. The summed E-state index contributed by atoms with van der Waals surface area (Å²) in [4.78, 5) is 6.50. The number of halogens is 1. The minimum Gasteiger partial charge on any atom is -0.486 e. The first-order chi connectivity index (χ1) is 10.5. The third-order valence-corrected chi connectivity index (χ3v) is 4.63. The molecule has 2 atom stereocenters. The molecule has 0 unspecified atom stereocenters. The number of piperidine rings is 1. The summed E-state index contributed by atoms with van der Waals surface area (Å²) < 4.78 is 19.1. The lowest BCUT2D eigenvalue weighted by molar-refractivity contribution is -0.0966. The van der Waals surface area contributed by atoms with Crippen molar-refractivity contribution >= 4 is 11.3 Å². The van der Waals surface area contributed by atoms with Crippen LogP contribution in [0.3, 0.4) is 0 Å². The number of rotatable bonds is 4. The lowest BCUT2D eigenvalue weighted by Crippen LogP contribution is -2.56. The van der Waals surface area contributed by atoms with E-state index in [0.29, 0.717) is 18.7 Å². The zero-order valence-corrected chi connectivity index (χ0v) is 13.2. The molecule has 6 heteroatoms. The number of aromatic nitrogens is 1. The molecule has 1 saturated heterocycles. The van der Waals surface area contributed by atoms with E-state index in [-0.39, 0.29) is 5.82 Å². The summed E-state index contributed by atoms with van der Waals surface area (Å²) in [7, 11) is 0. The maximum absolute atomic E-state index is 13.3. The Morgan fingerprint density at radius 3 is 3.14 bits per heavy atom. The van der Waals surface area contributed by atoms with Gasteiger partial charge < -0.3 is 9.84 Å². The van der Waals surface area contributed by atoms with E-state index in [0.717, 1.165) is 18.8 Å². The molecular weight excluding hydrogens is 303 g/mol. The van der Waals surface area contributed by atoms with E-state index in [4.69, 9.17) is 4.74 Å². The van der Waals surface area contributed by atoms with Gasteiger partial charge in [0.25, 0.3) is 0 Å². The van der Waals surface area contributed by atoms with Crippen molar-refractivity contribution in [2.24, 2.45) is 0 Å². The largest absolute Gasteiger partial charge is 0.486 e. The van der Waals surface area contributed by atoms with Crippen molar-refractivity contribution in [2.45, 2.75) is 31.6 Å². The number of nitrogens with zero attached hydrogens (tertiary/aromatic N) is 2. The highest BCUT2D eigenvalue weighted by Crippen LogP contribution is 2.27. The summed E-state index contributed by atoms with van der Waals surface area (Å²) in [5.41, 5.74) is 1.91. The van der Waals surface area contributed by atoms with E-state index >= 15 is 0 Å². The van der Waals surface area contributed by atoms with Crippen LogP contribution in [0.15, 0.2) is 35.2 Å². The highest BCUT2D eigenvalue weighted by molar-refractivity contribution is 7.07. The van der Waals surface area contributed by atoms with Crippen LogP contribution in [0.5, 0.6) is 5.75 Å². The van der Waals surface area contributed by atoms with Crippen LogP contribution in [0.4, 0.5) is 4.39 Å². The second-order valence-electron chi connectivity index (χ2n) is 5.89. The minimum absolute atomic E-state index is 0.340. The maximum Gasteiger partial charge on any atom is 0.140 e. The zero-order chi connectivity index (χ0) is 15.6. The molecule has 2 heterocycles. The molecule has 1 N–H and O–H groups in total. The maximum atomic E-state index is 13.3. The molecule has 2 aromatic rings. The molecule has 0 spiro atoms. The number of likely N-dealkylation sites (tertiary alicyclic amines) is 1. The topological polar surface area (TPSA) is 45.6 Å². The summed E-state index contributed by atoms with van der Waals surface area (Å²) in [5, 5.41) is 12.6. The van der Waals surface area contributed by atoms with Crippen LogP contribution >= 0.6 is 11.3 Å². The molecule has 0 radical (unpaired) electrons. The summed E-state index contributed by atoms with van der Waals surface area (Å²) in [5.74, 6) is 0.105. The molecule has 1 aliphatic heterocycles. The van der Waals surface area contributed by atoms with E-state index in [9.17, 15) is 9.50 Å². The lowest BCUT2D eigenvalue weighted by Gasteiger charge is -2.42. The van der Waals surface area contributed by atoms with Gasteiger partial charge in [-0.05, 0) is 25.5 Å². The van der Waals surface area contributed by atoms with Crippen molar-refractivity contribution in [3.63, 3.8) is 0 Å². The molecule has 1 aromatic carbocycles. The number of benzene rings is 1. The molecule has 1 aromatic heterocycles. The van der Waals surface area contributed by atoms with Gasteiger partial charge in [-0.15, -0.1) is 11.3 Å². The third kappa shape index (κ3) is 3.63. The van der Waals surface area contributed by atoms with Crippen molar-refractivity contribution in [1.82, 2.24) is 9.88 Å². The fourth-order valence-electron chi connectivity index (χ4n) is 2.63. The van der Waals surface area contributed by atoms with Gasteiger partial charge in [-0.3, -0.25) is 4.90 Å². The van der Waals surface area contributed by atoms with Crippen LogP contribution in [0, 0.1) is 5.82 Å². The van der Waals surface area contributed by atoms with Crippen LogP contribution in [-0.4, -0.2) is 39.8 Å². The van der Waals surface area contributed by atoms with Gasteiger partial charge in [0.05, 0.1) is 11.2 Å². The number of aliphatic hydroxyl groups is 1. The predicted molar refractivity (Wildman–Crippen MR) is 83.4 cm³/mol. The van der Waals surface area contributed by atoms with E-state index in [1.165, 1.54) is 12.1 Å². The van der Waals surface area contributed by atoms with Gasteiger partial charge in [0.1, 0.15) is 23.3 Å². The van der Waals surface area contributed by atoms with Crippen molar-refractivity contribution < 1.29 is 14.2 Å². The molecular formula is C16H19FN2O2S. The standard InChI is InChI=1S/C16H19FN2O2S/c1-16(20)5-6-19(8-13-10-22-11-18-13)9-15(16)21-14-4-2-3-12(17)7-14/h2-4,7,10-11,15,20H,5-6,8-9H2,1H3/t15-,16-/m1/s1. The molecule has 0 aliphatic carbocycles. The molecule has 3 rings (SSSR count). The summed E-state index contributed by atoms with van der Waals surface area (Å²) in [6.45, 7) is 3.88. The number of thiazole rings is 1. The first-order valence-corrected chi connectivity index (χ1v) is 8.21. The Hall–Kier alpha value is -1.50. The average molecular weight is 322 g/mol. The lowest BCUT2D eigenvalue weighted by atomic mass is 9.90. The Balaban J connectivity index is 1.69. The Bertz CT molecular complexity index is 618. The molecule has 0 bridgehead atoms. The molecule has 22 heavy (non-hydrogen) atoms. The molecule has 4 nitrogen and oxygen atoms in total. The van der Waals surface area contributed by atoms with Crippen LogP contribution < -0.4 is 4.74 Å². The summed E-state index contributed by atoms with van der Waals surface area (Å²) in [6, 6.07) is 6.03. The second kappa shape index (κ2) is 6.32. The molecule has 0 saturated carbocycles. The Kier molecular flexibility index (Phi) is 4.42. The molecule has 0 amide bonds. The van der Waals surface area contributed by atoms with Crippen molar-refractivity contribution in [1.29, 1.82) is 0 Å². The Morgan fingerprint density at radius 1 is 1.55 bits per heavy atom. The Labute approximate surface area is 133 Å². The SMILES string of the molecule is C[C@@]1(O)CCN(Cc2cscn2)C[C@H]1Oc1cccc(F)c1. The predicted octanol–water partition coefficient (Wildman–Crippen LogP) is 2.69. The van der Waals surface area contributed by atoms with Gasteiger partial charge in [0.15, 0.2) is 0 Å². The van der Waals surface area contributed by atoms with Crippen molar-refractivity contribution in [2.75, 3.05) is 13.1 Å². The highest BCUT2D eigenvalue weighted by atomic mass is 32.1. The number of hydrogen-bond donors (Lipinski definition) is 1. The number of hydrogen-bond acceptors (Lipinski definition) is 5. The fraction of sp³-hybridized carbons (Fsp3) is 0.438. The average Bonchev–Trinajstić information content (AvgIpc) is 2.96. The van der Waals surface area contributed by atoms with E-state index < -0.39 is 11.7 Å². The molecule has 118 valence electrons. The fourth-order valence-corrected chi connectivity index (χ4v) is 3.17. The van der Waals surface area contributed by atoms with E-state index in [1.807, 2.05) is 10.9 Å². The first kappa shape index (κ1) is 15.4. The summed E-state index contributed by atoms with van der Waals surface area (Å²) >= 11 is 1.57.